The van der Waals surface area contributed by atoms with E-state index in [9.17, 15) is 4.79 Å². The fourth-order valence-electron chi connectivity index (χ4n) is 1.03. The fourth-order valence-corrected chi connectivity index (χ4v) is 1.27. The second-order valence-electron chi connectivity index (χ2n) is 4.31. The van der Waals surface area contributed by atoms with E-state index >= 15 is 0 Å². The van der Waals surface area contributed by atoms with E-state index in [-0.39, 0.29) is 16.0 Å². The maximum Gasteiger partial charge on any atom is 0.195 e. The molecule has 0 N–H and O–H groups in total. The Morgan fingerprint density at radius 1 is 1.43 bits per heavy atom. The highest BCUT2D eigenvalue weighted by Crippen LogP contribution is 2.28. The van der Waals surface area contributed by atoms with Crippen LogP contribution in [0.3, 0.4) is 0 Å². The molecule has 0 amide bonds. The second-order valence-corrected chi connectivity index (χ2v) is 5.22. The maximum atomic E-state index is 11.9. The molecule has 0 aliphatic carbocycles. The van der Waals surface area contributed by atoms with Crippen LogP contribution >= 0.6 is 15.9 Å². The van der Waals surface area contributed by atoms with Crippen molar-refractivity contribution >= 4 is 21.7 Å². The first-order valence-corrected chi connectivity index (χ1v) is 5.44. The first-order chi connectivity index (χ1) is 6.43. The third-order valence-electron chi connectivity index (χ3n) is 1.91. The van der Waals surface area contributed by atoms with Gasteiger partial charge in [0.2, 0.25) is 0 Å². The quantitative estimate of drug-likeness (QED) is 0.601. The summed E-state index contributed by atoms with van der Waals surface area (Å²) < 4.78 is 0. The molecule has 14 heavy (non-hydrogen) atoms. The van der Waals surface area contributed by atoms with E-state index in [1.807, 2.05) is 26.8 Å². The van der Waals surface area contributed by atoms with E-state index in [0.717, 1.165) is 0 Å². The molecule has 0 radical (unpaired) electrons. The molecule has 1 atom stereocenters. The van der Waals surface area contributed by atoms with Gasteiger partial charge in [-0.15, -0.1) is 0 Å². The third-order valence-corrected chi connectivity index (χ3v) is 3.70. The molecule has 76 valence electrons. The van der Waals surface area contributed by atoms with Gasteiger partial charge < -0.3 is 0 Å². The van der Waals surface area contributed by atoms with E-state index in [0.29, 0.717) is 5.69 Å². The normalized spacial score (nSPS) is 13.7. The zero-order valence-electron chi connectivity index (χ0n) is 8.62. The van der Waals surface area contributed by atoms with Crippen LogP contribution in [0, 0.1) is 5.41 Å². The number of rotatable bonds is 2. The molecule has 0 spiro atoms. The van der Waals surface area contributed by atoms with Gasteiger partial charge >= 0.3 is 0 Å². The van der Waals surface area contributed by atoms with Crippen LogP contribution in [0.5, 0.6) is 0 Å². The lowest BCUT2D eigenvalue weighted by molar-refractivity contribution is 0.0949. The predicted octanol–water partition coefficient (Wildman–Crippen LogP) is 3.07. The number of aromatic nitrogens is 1. The molecule has 0 aliphatic rings. The summed E-state index contributed by atoms with van der Waals surface area (Å²) in [5.41, 5.74) is 0.429. The second kappa shape index (κ2) is 4.22. The van der Waals surface area contributed by atoms with Gasteiger partial charge in [-0.25, -0.2) is 0 Å². The van der Waals surface area contributed by atoms with Crippen LogP contribution < -0.4 is 0 Å². The molecule has 1 rings (SSSR count). The number of Topliss-reactive ketones (excluding diaryl/α,β-unsaturated/α-hetero) is 1. The molecule has 0 saturated carbocycles. The molecule has 1 heterocycles. The fraction of sp³-hybridized carbons (Fsp3) is 0.455. The maximum absolute atomic E-state index is 11.9. The average molecular weight is 256 g/mol. The van der Waals surface area contributed by atoms with Crippen molar-refractivity contribution in [2.45, 2.75) is 25.6 Å². The molecule has 1 aromatic rings. The number of hydrogen-bond donors (Lipinski definition) is 0. The van der Waals surface area contributed by atoms with Gasteiger partial charge in [-0.1, -0.05) is 42.8 Å². The highest BCUT2D eigenvalue weighted by Gasteiger charge is 2.29. The summed E-state index contributed by atoms with van der Waals surface area (Å²) >= 11 is 3.41. The SMILES string of the molecule is CC(C)(C)C(Br)C(=O)c1ccccn1. The van der Waals surface area contributed by atoms with Crippen molar-refractivity contribution in [3.63, 3.8) is 0 Å². The summed E-state index contributed by atoms with van der Waals surface area (Å²) in [6.45, 7) is 6.06. The molecular formula is C11H14BrNO. The average Bonchev–Trinajstić information content (AvgIpc) is 2.15. The van der Waals surface area contributed by atoms with Crippen LogP contribution in [0.15, 0.2) is 24.4 Å². The van der Waals surface area contributed by atoms with E-state index < -0.39 is 0 Å². The Hall–Kier alpha value is -0.700. The number of carbonyl (C=O) groups is 1. The highest BCUT2D eigenvalue weighted by molar-refractivity contribution is 9.10. The Morgan fingerprint density at radius 2 is 2.07 bits per heavy atom. The number of pyridine rings is 1. The van der Waals surface area contributed by atoms with Crippen LogP contribution in [0.4, 0.5) is 0 Å². The number of hydrogen-bond acceptors (Lipinski definition) is 2. The smallest absolute Gasteiger partial charge is 0.195 e. The minimum atomic E-state index is -0.190. The van der Waals surface area contributed by atoms with Crippen molar-refractivity contribution in [1.82, 2.24) is 4.98 Å². The van der Waals surface area contributed by atoms with E-state index in [4.69, 9.17) is 0 Å². The summed E-state index contributed by atoms with van der Waals surface area (Å²) in [4.78, 5) is 15.7. The van der Waals surface area contributed by atoms with Crippen molar-refractivity contribution in [3.8, 4) is 0 Å². The summed E-state index contributed by atoms with van der Waals surface area (Å²) in [5.74, 6) is 0.0399. The molecule has 0 aliphatic heterocycles. The Kier molecular flexibility index (Phi) is 3.43. The Morgan fingerprint density at radius 3 is 2.50 bits per heavy atom. The van der Waals surface area contributed by atoms with Gasteiger partial charge in [0.15, 0.2) is 5.78 Å². The Labute approximate surface area is 92.9 Å². The number of nitrogens with zero attached hydrogens (tertiary/aromatic N) is 1. The minimum absolute atomic E-state index is 0.0399. The van der Waals surface area contributed by atoms with Crippen LogP contribution in [0.1, 0.15) is 31.3 Å². The van der Waals surface area contributed by atoms with Gasteiger partial charge in [0.1, 0.15) is 5.69 Å². The molecule has 1 aromatic heterocycles. The summed E-state index contributed by atoms with van der Waals surface area (Å²) in [5, 5.41) is 0. The summed E-state index contributed by atoms with van der Waals surface area (Å²) in [6, 6.07) is 5.36. The van der Waals surface area contributed by atoms with E-state index in [2.05, 4.69) is 20.9 Å². The number of ketones is 1. The van der Waals surface area contributed by atoms with Crippen LogP contribution in [0.2, 0.25) is 0 Å². The number of alkyl halides is 1. The van der Waals surface area contributed by atoms with Gasteiger partial charge in [0.25, 0.3) is 0 Å². The zero-order chi connectivity index (χ0) is 10.8. The number of carbonyl (C=O) groups excluding carboxylic acids is 1. The van der Waals surface area contributed by atoms with Crippen molar-refractivity contribution in [2.75, 3.05) is 0 Å². The topological polar surface area (TPSA) is 30.0 Å². The van der Waals surface area contributed by atoms with Gasteiger partial charge in [-0.05, 0) is 17.5 Å². The molecule has 1 unspecified atom stereocenters. The van der Waals surface area contributed by atoms with Crippen molar-refractivity contribution in [3.05, 3.63) is 30.1 Å². The first-order valence-electron chi connectivity index (χ1n) is 4.52. The van der Waals surface area contributed by atoms with Gasteiger partial charge in [0, 0.05) is 6.20 Å². The van der Waals surface area contributed by atoms with Crippen molar-refractivity contribution in [2.24, 2.45) is 5.41 Å². The van der Waals surface area contributed by atoms with Crippen molar-refractivity contribution < 1.29 is 4.79 Å². The summed E-state index contributed by atoms with van der Waals surface area (Å²) in [6.07, 6.45) is 1.63. The van der Waals surface area contributed by atoms with Gasteiger partial charge in [0.05, 0.1) is 4.83 Å². The molecular weight excluding hydrogens is 242 g/mol. The standard InChI is InChI=1S/C11H14BrNO/c1-11(2,3)10(12)9(14)8-6-4-5-7-13-8/h4-7,10H,1-3H3. The lowest BCUT2D eigenvalue weighted by atomic mass is 9.89. The predicted molar refractivity (Wildman–Crippen MR) is 60.7 cm³/mol. The molecule has 0 aromatic carbocycles. The van der Waals surface area contributed by atoms with Crippen LogP contribution in [-0.4, -0.2) is 15.6 Å². The van der Waals surface area contributed by atoms with Crippen LogP contribution in [-0.2, 0) is 0 Å². The molecule has 0 saturated heterocycles. The minimum Gasteiger partial charge on any atom is -0.291 e. The molecule has 3 heteroatoms. The monoisotopic (exact) mass is 255 g/mol. The van der Waals surface area contributed by atoms with Gasteiger partial charge in [-0.3, -0.25) is 9.78 Å². The first kappa shape index (κ1) is 11.4. The van der Waals surface area contributed by atoms with Gasteiger partial charge in [-0.2, -0.15) is 0 Å². The Balaban J connectivity index is 2.87. The number of halogens is 1. The highest BCUT2D eigenvalue weighted by atomic mass is 79.9. The zero-order valence-corrected chi connectivity index (χ0v) is 10.2. The molecule has 0 bridgehead atoms. The largest absolute Gasteiger partial charge is 0.291 e. The van der Waals surface area contributed by atoms with E-state index in [1.165, 1.54) is 0 Å². The lowest BCUT2D eigenvalue weighted by Crippen LogP contribution is -2.29. The van der Waals surface area contributed by atoms with Crippen LogP contribution in [0.25, 0.3) is 0 Å². The molecule has 0 fully saturated rings. The Bertz CT molecular complexity index is 316. The third kappa shape index (κ3) is 2.64. The van der Waals surface area contributed by atoms with E-state index in [1.54, 1.807) is 18.3 Å². The summed E-state index contributed by atoms with van der Waals surface area (Å²) in [7, 11) is 0. The van der Waals surface area contributed by atoms with Crippen molar-refractivity contribution in [1.29, 1.82) is 0 Å². The molecule has 2 nitrogen and oxygen atoms in total. The lowest BCUT2D eigenvalue weighted by Gasteiger charge is -2.23.